The summed E-state index contributed by atoms with van der Waals surface area (Å²) in [5.41, 5.74) is 5.96. The molecule has 0 aliphatic carbocycles. The van der Waals surface area contributed by atoms with Crippen LogP contribution < -0.4 is 10.5 Å². The van der Waals surface area contributed by atoms with Gasteiger partial charge < -0.3 is 10.5 Å². The SMILES string of the molecule is NCc1cccc(COc2cc(Br)cc(F)c2F)c1F. The van der Waals surface area contributed by atoms with Crippen molar-refractivity contribution in [2.45, 2.75) is 13.2 Å². The minimum absolute atomic E-state index is 0.0551. The van der Waals surface area contributed by atoms with Crippen LogP contribution in [-0.2, 0) is 13.2 Å². The molecule has 20 heavy (non-hydrogen) atoms. The largest absolute Gasteiger partial charge is 0.486 e. The van der Waals surface area contributed by atoms with E-state index in [1.165, 1.54) is 12.1 Å². The van der Waals surface area contributed by atoms with Crippen molar-refractivity contribution in [1.29, 1.82) is 0 Å². The summed E-state index contributed by atoms with van der Waals surface area (Å²) < 4.78 is 46.1. The average Bonchev–Trinajstić information content (AvgIpc) is 2.42. The molecule has 0 amide bonds. The van der Waals surface area contributed by atoms with Gasteiger partial charge >= 0.3 is 0 Å². The zero-order valence-corrected chi connectivity index (χ0v) is 11.9. The highest BCUT2D eigenvalue weighted by molar-refractivity contribution is 9.10. The molecule has 0 saturated carbocycles. The lowest BCUT2D eigenvalue weighted by Crippen LogP contribution is -2.06. The first-order valence-corrected chi connectivity index (χ1v) is 6.56. The Bertz CT molecular complexity index is 634. The van der Waals surface area contributed by atoms with Crippen molar-refractivity contribution in [2.75, 3.05) is 0 Å². The minimum Gasteiger partial charge on any atom is -0.486 e. The molecule has 6 heteroatoms. The number of hydrogen-bond acceptors (Lipinski definition) is 2. The molecule has 0 aliphatic heterocycles. The molecular weight excluding hydrogens is 335 g/mol. The monoisotopic (exact) mass is 345 g/mol. The second kappa shape index (κ2) is 6.28. The van der Waals surface area contributed by atoms with Gasteiger partial charge in [0.1, 0.15) is 12.4 Å². The van der Waals surface area contributed by atoms with Crippen molar-refractivity contribution in [1.82, 2.24) is 0 Å². The standard InChI is InChI=1S/C14H11BrF3NO/c15-10-4-11(16)14(18)12(5-10)20-7-9-3-1-2-8(6-19)13(9)17/h1-5H,6-7,19H2. The van der Waals surface area contributed by atoms with Crippen LogP contribution in [-0.4, -0.2) is 0 Å². The highest BCUT2D eigenvalue weighted by Crippen LogP contribution is 2.26. The van der Waals surface area contributed by atoms with Crippen LogP contribution in [0.3, 0.4) is 0 Å². The van der Waals surface area contributed by atoms with Crippen molar-refractivity contribution in [3.8, 4) is 5.75 Å². The van der Waals surface area contributed by atoms with Crippen LogP contribution in [0.15, 0.2) is 34.8 Å². The van der Waals surface area contributed by atoms with E-state index in [1.54, 1.807) is 12.1 Å². The molecular formula is C14H11BrF3NO. The summed E-state index contributed by atoms with van der Waals surface area (Å²) in [7, 11) is 0. The number of benzene rings is 2. The average molecular weight is 346 g/mol. The molecule has 2 N–H and O–H groups in total. The van der Waals surface area contributed by atoms with Gasteiger partial charge in [-0.15, -0.1) is 0 Å². The summed E-state index contributed by atoms with van der Waals surface area (Å²) in [5, 5.41) is 0. The Hall–Kier alpha value is -1.53. The lowest BCUT2D eigenvalue weighted by Gasteiger charge is -2.10. The normalized spacial score (nSPS) is 10.7. The van der Waals surface area contributed by atoms with E-state index < -0.39 is 17.5 Å². The summed E-state index contributed by atoms with van der Waals surface area (Å²) >= 11 is 3.03. The number of hydrogen-bond donors (Lipinski definition) is 1. The third-order valence-electron chi connectivity index (χ3n) is 2.72. The van der Waals surface area contributed by atoms with Crippen LogP contribution in [0.5, 0.6) is 5.75 Å². The maximum atomic E-state index is 13.9. The predicted octanol–water partition coefficient (Wildman–Crippen LogP) is 3.90. The van der Waals surface area contributed by atoms with Crippen LogP contribution in [0.25, 0.3) is 0 Å². The molecule has 0 aliphatic rings. The predicted molar refractivity (Wildman–Crippen MR) is 72.7 cm³/mol. The van der Waals surface area contributed by atoms with E-state index >= 15 is 0 Å². The third kappa shape index (κ3) is 3.13. The second-order valence-corrected chi connectivity index (χ2v) is 5.00. The van der Waals surface area contributed by atoms with E-state index in [9.17, 15) is 13.2 Å². The number of nitrogens with two attached hydrogens (primary N) is 1. The van der Waals surface area contributed by atoms with E-state index in [1.807, 2.05) is 0 Å². The molecule has 0 unspecified atom stereocenters. The molecule has 0 atom stereocenters. The zero-order valence-electron chi connectivity index (χ0n) is 10.3. The number of rotatable bonds is 4. The van der Waals surface area contributed by atoms with Crippen LogP contribution in [0, 0.1) is 17.5 Å². The van der Waals surface area contributed by atoms with Gasteiger partial charge in [0.05, 0.1) is 0 Å². The van der Waals surface area contributed by atoms with Crippen LogP contribution in [0.4, 0.5) is 13.2 Å². The van der Waals surface area contributed by atoms with Gasteiger partial charge in [0.2, 0.25) is 5.82 Å². The molecule has 2 nitrogen and oxygen atoms in total. The van der Waals surface area contributed by atoms with Gasteiger partial charge in [-0.05, 0) is 12.1 Å². The molecule has 2 aromatic carbocycles. The molecule has 2 rings (SSSR count). The van der Waals surface area contributed by atoms with Crippen molar-refractivity contribution in [2.24, 2.45) is 5.73 Å². The third-order valence-corrected chi connectivity index (χ3v) is 3.18. The lowest BCUT2D eigenvalue weighted by atomic mass is 10.1. The Morgan fingerprint density at radius 2 is 1.75 bits per heavy atom. The quantitative estimate of drug-likeness (QED) is 0.853. The molecule has 0 spiro atoms. The maximum absolute atomic E-state index is 13.9. The molecule has 0 saturated heterocycles. The number of halogens is 4. The Kier molecular flexibility index (Phi) is 4.67. The molecule has 2 aromatic rings. The lowest BCUT2D eigenvalue weighted by molar-refractivity contribution is 0.279. The second-order valence-electron chi connectivity index (χ2n) is 4.08. The minimum atomic E-state index is -1.11. The summed E-state index contributed by atoms with van der Waals surface area (Å²) in [6.45, 7) is -0.161. The number of ether oxygens (including phenoxy) is 1. The van der Waals surface area contributed by atoms with Crippen LogP contribution >= 0.6 is 15.9 Å². The zero-order chi connectivity index (χ0) is 14.7. The molecule has 0 radical (unpaired) electrons. The molecule has 0 fully saturated rings. The summed E-state index contributed by atoms with van der Waals surface area (Å²) in [6.07, 6.45) is 0. The Labute approximate surface area is 122 Å². The Morgan fingerprint density at radius 1 is 1.05 bits per heavy atom. The van der Waals surface area contributed by atoms with Gasteiger partial charge in [-0.1, -0.05) is 34.1 Å². The van der Waals surface area contributed by atoms with E-state index in [0.29, 0.717) is 10.0 Å². The molecule has 0 bridgehead atoms. The van der Waals surface area contributed by atoms with Crippen molar-refractivity contribution < 1.29 is 17.9 Å². The Morgan fingerprint density at radius 3 is 2.45 bits per heavy atom. The molecule has 0 aromatic heterocycles. The highest BCUT2D eigenvalue weighted by atomic mass is 79.9. The summed E-state index contributed by atoms with van der Waals surface area (Å²) in [4.78, 5) is 0. The van der Waals surface area contributed by atoms with Gasteiger partial charge in [-0.3, -0.25) is 0 Å². The van der Waals surface area contributed by atoms with E-state index in [2.05, 4.69) is 15.9 Å². The van der Waals surface area contributed by atoms with Gasteiger partial charge in [0.25, 0.3) is 0 Å². The fourth-order valence-corrected chi connectivity index (χ4v) is 2.10. The van der Waals surface area contributed by atoms with Crippen LogP contribution in [0.1, 0.15) is 11.1 Å². The summed E-state index contributed by atoms with van der Waals surface area (Å²) in [6, 6.07) is 6.95. The van der Waals surface area contributed by atoms with E-state index in [0.717, 1.165) is 6.07 Å². The first kappa shape index (κ1) is 14.9. The van der Waals surface area contributed by atoms with Crippen molar-refractivity contribution >= 4 is 15.9 Å². The van der Waals surface area contributed by atoms with E-state index in [-0.39, 0.29) is 24.5 Å². The fraction of sp³-hybridized carbons (Fsp3) is 0.143. The Balaban J connectivity index is 2.21. The maximum Gasteiger partial charge on any atom is 0.200 e. The van der Waals surface area contributed by atoms with Gasteiger partial charge in [-0.2, -0.15) is 4.39 Å². The van der Waals surface area contributed by atoms with Crippen LogP contribution in [0.2, 0.25) is 0 Å². The highest BCUT2D eigenvalue weighted by Gasteiger charge is 2.13. The van der Waals surface area contributed by atoms with Gasteiger partial charge in [0, 0.05) is 22.1 Å². The fourth-order valence-electron chi connectivity index (χ4n) is 1.70. The van der Waals surface area contributed by atoms with Crippen molar-refractivity contribution in [3.63, 3.8) is 0 Å². The topological polar surface area (TPSA) is 35.2 Å². The summed E-state index contributed by atoms with van der Waals surface area (Å²) in [5.74, 6) is -2.92. The van der Waals surface area contributed by atoms with E-state index in [4.69, 9.17) is 10.5 Å². The first-order valence-electron chi connectivity index (χ1n) is 5.76. The molecule has 106 valence electrons. The first-order chi connectivity index (χ1) is 9.52. The van der Waals surface area contributed by atoms with Crippen molar-refractivity contribution in [3.05, 3.63) is 63.4 Å². The van der Waals surface area contributed by atoms with Gasteiger partial charge in [-0.25, -0.2) is 8.78 Å². The smallest absolute Gasteiger partial charge is 0.200 e. The van der Waals surface area contributed by atoms with Gasteiger partial charge in [0.15, 0.2) is 11.6 Å². The molecule has 0 heterocycles.